The van der Waals surface area contributed by atoms with Crippen LogP contribution in [0.4, 0.5) is 0 Å². The second-order valence-corrected chi connectivity index (χ2v) is 4.85. The van der Waals surface area contributed by atoms with Crippen LogP contribution in [0.5, 0.6) is 0 Å². The van der Waals surface area contributed by atoms with Gasteiger partial charge in [-0.05, 0) is 45.1 Å². The zero-order valence-corrected chi connectivity index (χ0v) is 9.33. The smallest absolute Gasteiger partial charge is 0.237 e. The molecule has 4 atom stereocenters. The maximum absolute atomic E-state index is 11.5. The molecule has 0 aliphatic carbocycles. The third-order valence-electron chi connectivity index (χ3n) is 3.79. The zero-order chi connectivity index (χ0) is 10.8. The maximum atomic E-state index is 11.5. The first-order valence-electron chi connectivity index (χ1n) is 5.98. The summed E-state index contributed by atoms with van der Waals surface area (Å²) in [7, 11) is 0. The fraction of sp³-hybridized carbons (Fsp3) is 0.909. The van der Waals surface area contributed by atoms with E-state index in [-0.39, 0.29) is 11.9 Å². The van der Waals surface area contributed by atoms with Crippen LogP contribution in [0.25, 0.3) is 0 Å². The van der Waals surface area contributed by atoms with E-state index >= 15 is 0 Å². The Morgan fingerprint density at radius 1 is 1.33 bits per heavy atom. The third kappa shape index (κ3) is 2.32. The van der Waals surface area contributed by atoms with Crippen LogP contribution in [0.15, 0.2) is 0 Å². The molecule has 4 nitrogen and oxygen atoms in total. The van der Waals surface area contributed by atoms with Gasteiger partial charge in [0.1, 0.15) is 0 Å². The fourth-order valence-corrected chi connectivity index (χ4v) is 2.79. The van der Waals surface area contributed by atoms with Crippen molar-refractivity contribution in [1.82, 2.24) is 10.6 Å². The van der Waals surface area contributed by atoms with Crippen LogP contribution in [-0.2, 0) is 4.79 Å². The average Bonchev–Trinajstić information content (AvgIpc) is 2.23. The van der Waals surface area contributed by atoms with Crippen LogP contribution in [-0.4, -0.2) is 30.6 Å². The molecule has 2 aliphatic heterocycles. The van der Waals surface area contributed by atoms with Gasteiger partial charge in [-0.3, -0.25) is 4.79 Å². The van der Waals surface area contributed by atoms with Crippen molar-refractivity contribution in [2.45, 2.75) is 50.7 Å². The van der Waals surface area contributed by atoms with Crippen LogP contribution in [0, 0.1) is 5.92 Å². The van der Waals surface area contributed by atoms with Crippen LogP contribution in [0.3, 0.4) is 0 Å². The van der Waals surface area contributed by atoms with E-state index in [9.17, 15) is 4.79 Å². The summed E-state index contributed by atoms with van der Waals surface area (Å²) in [5.74, 6) is 0.610. The van der Waals surface area contributed by atoms with Gasteiger partial charge in [-0.2, -0.15) is 0 Å². The number of nitrogens with two attached hydrogens (primary N) is 1. The van der Waals surface area contributed by atoms with Gasteiger partial charge in [0.2, 0.25) is 5.91 Å². The summed E-state index contributed by atoms with van der Waals surface area (Å²) < 4.78 is 0. The monoisotopic (exact) mass is 211 g/mol. The predicted octanol–water partition coefficient (Wildman–Crippen LogP) is -0.0196. The molecule has 1 unspecified atom stereocenters. The quantitative estimate of drug-likeness (QED) is 0.571. The van der Waals surface area contributed by atoms with Gasteiger partial charge in [-0.15, -0.1) is 0 Å². The lowest BCUT2D eigenvalue weighted by molar-refractivity contribution is -0.125. The highest BCUT2D eigenvalue weighted by molar-refractivity contribution is 5.82. The van der Waals surface area contributed by atoms with Gasteiger partial charge in [0.05, 0.1) is 6.04 Å². The molecule has 2 heterocycles. The molecule has 0 saturated carbocycles. The SMILES string of the molecule is C[C@@H]1NCCC[C@@H]1[C@H]1CCC(N)C(=O)N1. The van der Waals surface area contributed by atoms with Crippen molar-refractivity contribution in [3.05, 3.63) is 0 Å². The highest BCUT2D eigenvalue weighted by Gasteiger charge is 2.34. The number of piperidine rings is 2. The summed E-state index contributed by atoms with van der Waals surface area (Å²) >= 11 is 0. The maximum Gasteiger partial charge on any atom is 0.237 e. The Labute approximate surface area is 91.0 Å². The molecule has 0 spiro atoms. The van der Waals surface area contributed by atoms with Crippen LogP contribution >= 0.6 is 0 Å². The topological polar surface area (TPSA) is 67.1 Å². The van der Waals surface area contributed by atoms with E-state index in [1.807, 2.05) is 0 Å². The second kappa shape index (κ2) is 4.49. The predicted molar refractivity (Wildman–Crippen MR) is 59.3 cm³/mol. The lowest BCUT2D eigenvalue weighted by Crippen LogP contribution is -2.57. The van der Waals surface area contributed by atoms with Gasteiger partial charge in [0, 0.05) is 12.1 Å². The molecule has 4 N–H and O–H groups in total. The zero-order valence-electron chi connectivity index (χ0n) is 9.33. The van der Waals surface area contributed by atoms with Gasteiger partial charge in [-0.25, -0.2) is 0 Å². The lowest BCUT2D eigenvalue weighted by Gasteiger charge is -2.39. The molecule has 86 valence electrons. The van der Waals surface area contributed by atoms with Gasteiger partial charge >= 0.3 is 0 Å². The Bertz CT molecular complexity index is 244. The molecule has 0 aromatic rings. The number of carbonyl (C=O) groups excluding carboxylic acids is 1. The molecule has 2 aliphatic rings. The molecule has 0 aromatic carbocycles. The van der Waals surface area contributed by atoms with E-state index in [2.05, 4.69) is 17.6 Å². The number of rotatable bonds is 1. The Balaban J connectivity index is 1.95. The number of hydrogen-bond acceptors (Lipinski definition) is 3. The molecule has 1 amide bonds. The minimum Gasteiger partial charge on any atom is -0.352 e. The molecular weight excluding hydrogens is 190 g/mol. The van der Waals surface area contributed by atoms with E-state index in [1.165, 1.54) is 12.8 Å². The molecule has 0 radical (unpaired) electrons. The van der Waals surface area contributed by atoms with Gasteiger partial charge in [0.15, 0.2) is 0 Å². The normalized spacial score (nSPS) is 42.4. The fourth-order valence-electron chi connectivity index (χ4n) is 2.79. The Morgan fingerprint density at radius 2 is 2.13 bits per heavy atom. The molecule has 15 heavy (non-hydrogen) atoms. The first-order valence-corrected chi connectivity index (χ1v) is 5.98. The molecule has 2 saturated heterocycles. The number of hydrogen-bond donors (Lipinski definition) is 3. The van der Waals surface area contributed by atoms with Crippen molar-refractivity contribution < 1.29 is 4.79 Å². The molecule has 0 bridgehead atoms. The van der Waals surface area contributed by atoms with Crippen molar-refractivity contribution in [2.75, 3.05) is 6.54 Å². The summed E-state index contributed by atoms with van der Waals surface area (Å²) in [6.07, 6.45) is 4.30. The van der Waals surface area contributed by atoms with Crippen LogP contribution < -0.4 is 16.4 Å². The summed E-state index contributed by atoms with van der Waals surface area (Å²) in [5.41, 5.74) is 5.68. The molecule has 4 heteroatoms. The van der Waals surface area contributed by atoms with Crippen LogP contribution in [0.2, 0.25) is 0 Å². The summed E-state index contributed by atoms with van der Waals surface area (Å²) in [5, 5.41) is 6.54. The van der Waals surface area contributed by atoms with E-state index in [0.29, 0.717) is 18.0 Å². The van der Waals surface area contributed by atoms with E-state index < -0.39 is 0 Å². The average molecular weight is 211 g/mol. The van der Waals surface area contributed by atoms with Crippen molar-refractivity contribution in [2.24, 2.45) is 11.7 Å². The summed E-state index contributed by atoms with van der Waals surface area (Å²) in [6, 6.07) is 0.562. The third-order valence-corrected chi connectivity index (χ3v) is 3.79. The molecular formula is C11H21N3O. The first-order chi connectivity index (χ1) is 7.18. The van der Waals surface area contributed by atoms with Gasteiger partial charge in [0.25, 0.3) is 0 Å². The number of amides is 1. The second-order valence-electron chi connectivity index (χ2n) is 4.85. The Hall–Kier alpha value is -0.610. The summed E-state index contributed by atoms with van der Waals surface area (Å²) in [4.78, 5) is 11.5. The van der Waals surface area contributed by atoms with Crippen molar-refractivity contribution in [3.8, 4) is 0 Å². The molecule has 0 aromatic heterocycles. The van der Waals surface area contributed by atoms with E-state index in [1.54, 1.807) is 0 Å². The molecule has 2 rings (SSSR count). The van der Waals surface area contributed by atoms with E-state index in [0.717, 1.165) is 19.4 Å². The highest BCUT2D eigenvalue weighted by atomic mass is 16.2. The minimum absolute atomic E-state index is 0.0315. The minimum atomic E-state index is -0.284. The Morgan fingerprint density at radius 3 is 2.80 bits per heavy atom. The highest BCUT2D eigenvalue weighted by Crippen LogP contribution is 2.25. The number of carbonyl (C=O) groups is 1. The molecule has 2 fully saturated rings. The largest absolute Gasteiger partial charge is 0.352 e. The first kappa shape index (κ1) is 10.9. The Kier molecular flexibility index (Phi) is 3.26. The van der Waals surface area contributed by atoms with Crippen molar-refractivity contribution in [3.63, 3.8) is 0 Å². The van der Waals surface area contributed by atoms with Gasteiger partial charge in [-0.1, -0.05) is 0 Å². The van der Waals surface area contributed by atoms with Gasteiger partial charge < -0.3 is 16.4 Å². The number of nitrogens with one attached hydrogen (secondary N) is 2. The van der Waals surface area contributed by atoms with Crippen LogP contribution in [0.1, 0.15) is 32.6 Å². The standard InChI is InChI=1S/C11H21N3O/c1-7-8(3-2-6-13-7)10-5-4-9(12)11(15)14-10/h7-10,13H,2-6,12H2,1H3,(H,14,15)/t7-,8-,9?,10+/m0/s1. The van der Waals surface area contributed by atoms with Crippen molar-refractivity contribution >= 4 is 5.91 Å². The lowest BCUT2D eigenvalue weighted by atomic mass is 9.81. The van der Waals surface area contributed by atoms with Crippen molar-refractivity contribution in [1.29, 1.82) is 0 Å². The summed E-state index contributed by atoms with van der Waals surface area (Å²) in [6.45, 7) is 3.32. The van der Waals surface area contributed by atoms with E-state index in [4.69, 9.17) is 5.73 Å².